The SMILES string of the molecule is CCC/C=C\C/C=C\CCCCCCCC(=O)OCC(COC(=O)CCCCCCCCCCCCCCCCCCCCCCCCC)OC(=O)CCCCCCCCCCCCCCCCCCCCCCCCC. The third kappa shape index (κ3) is 64.6. The summed E-state index contributed by atoms with van der Waals surface area (Å²) in [5.74, 6) is -0.852. The van der Waals surface area contributed by atoms with Crippen molar-refractivity contribution in [1.82, 2.24) is 0 Å². The van der Waals surface area contributed by atoms with Crippen LogP contribution >= 0.6 is 0 Å². The maximum atomic E-state index is 12.9. The van der Waals surface area contributed by atoms with Gasteiger partial charge in [-0.1, -0.05) is 353 Å². The van der Waals surface area contributed by atoms with Crippen LogP contribution in [0.15, 0.2) is 24.3 Å². The molecule has 454 valence electrons. The smallest absolute Gasteiger partial charge is 0.306 e. The van der Waals surface area contributed by atoms with Crippen LogP contribution in [-0.4, -0.2) is 37.2 Å². The molecule has 0 radical (unpaired) electrons. The van der Waals surface area contributed by atoms with E-state index in [0.717, 1.165) is 83.5 Å². The Morgan fingerprint density at radius 3 is 0.766 bits per heavy atom. The summed E-state index contributed by atoms with van der Waals surface area (Å²) in [6.07, 6.45) is 80.7. The molecule has 0 aliphatic heterocycles. The van der Waals surface area contributed by atoms with E-state index >= 15 is 0 Å². The molecular formula is C71H134O6. The number of carbonyl (C=O) groups excluding carboxylic acids is 3. The quantitative estimate of drug-likeness (QED) is 0.0261. The van der Waals surface area contributed by atoms with Crippen molar-refractivity contribution in [3.05, 3.63) is 24.3 Å². The third-order valence-electron chi connectivity index (χ3n) is 15.9. The number of hydrogen-bond donors (Lipinski definition) is 0. The number of rotatable bonds is 65. The summed E-state index contributed by atoms with van der Waals surface area (Å²) in [5.41, 5.74) is 0. The molecule has 0 aliphatic rings. The van der Waals surface area contributed by atoms with Gasteiger partial charge in [0.05, 0.1) is 0 Å². The fourth-order valence-electron chi connectivity index (χ4n) is 10.7. The van der Waals surface area contributed by atoms with Gasteiger partial charge in [-0.25, -0.2) is 0 Å². The first kappa shape index (κ1) is 74.9. The normalized spacial score (nSPS) is 12.1. The molecular weight excluding hydrogens is 949 g/mol. The zero-order chi connectivity index (χ0) is 55.7. The number of ether oxygens (including phenoxy) is 3. The molecule has 0 saturated carbocycles. The van der Waals surface area contributed by atoms with Gasteiger partial charge in [0.1, 0.15) is 13.2 Å². The van der Waals surface area contributed by atoms with Crippen LogP contribution in [0.25, 0.3) is 0 Å². The van der Waals surface area contributed by atoms with Gasteiger partial charge < -0.3 is 14.2 Å². The second kappa shape index (κ2) is 66.4. The molecule has 0 aromatic rings. The maximum Gasteiger partial charge on any atom is 0.306 e. The lowest BCUT2D eigenvalue weighted by Crippen LogP contribution is -2.30. The summed E-state index contributed by atoms with van der Waals surface area (Å²) in [7, 11) is 0. The van der Waals surface area contributed by atoms with E-state index in [-0.39, 0.29) is 31.1 Å². The van der Waals surface area contributed by atoms with Crippen molar-refractivity contribution in [1.29, 1.82) is 0 Å². The largest absolute Gasteiger partial charge is 0.462 e. The van der Waals surface area contributed by atoms with Gasteiger partial charge in [0.15, 0.2) is 6.10 Å². The molecule has 0 rings (SSSR count). The van der Waals surface area contributed by atoms with Gasteiger partial charge in [-0.15, -0.1) is 0 Å². The van der Waals surface area contributed by atoms with E-state index in [1.54, 1.807) is 0 Å². The molecule has 1 atom stereocenters. The number of carbonyl (C=O) groups is 3. The highest BCUT2D eigenvalue weighted by molar-refractivity contribution is 5.71. The van der Waals surface area contributed by atoms with Crippen molar-refractivity contribution in [2.24, 2.45) is 0 Å². The Hall–Kier alpha value is -2.11. The van der Waals surface area contributed by atoms with Crippen molar-refractivity contribution in [2.45, 2.75) is 399 Å². The molecule has 0 aromatic heterocycles. The lowest BCUT2D eigenvalue weighted by Gasteiger charge is -2.18. The number of esters is 3. The van der Waals surface area contributed by atoms with Gasteiger partial charge in [0.25, 0.3) is 0 Å². The van der Waals surface area contributed by atoms with Crippen LogP contribution in [0.4, 0.5) is 0 Å². The van der Waals surface area contributed by atoms with Crippen molar-refractivity contribution in [3.63, 3.8) is 0 Å². The number of allylic oxidation sites excluding steroid dienone is 4. The average molecular weight is 1080 g/mol. The minimum absolute atomic E-state index is 0.0694. The first-order chi connectivity index (χ1) is 38.0. The van der Waals surface area contributed by atoms with E-state index < -0.39 is 6.10 Å². The molecule has 0 N–H and O–H groups in total. The second-order valence-corrected chi connectivity index (χ2v) is 23.8. The fraction of sp³-hybridized carbons (Fsp3) is 0.901. The van der Waals surface area contributed by atoms with E-state index in [0.29, 0.717) is 19.3 Å². The predicted molar refractivity (Wildman–Crippen MR) is 335 cm³/mol. The van der Waals surface area contributed by atoms with E-state index in [1.165, 1.54) is 270 Å². The lowest BCUT2D eigenvalue weighted by atomic mass is 10.0. The van der Waals surface area contributed by atoms with E-state index in [1.807, 2.05) is 0 Å². The lowest BCUT2D eigenvalue weighted by molar-refractivity contribution is -0.167. The molecule has 0 saturated heterocycles. The van der Waals surface area contributed by atoms with Gasteiger partial charge in [0.2, 0.25) is 0 Å². The Labute approximate surface area is 481 Å². The standard InChI is InChI=1S/C71H134O6/c1-4-7-10-13-16-19-22-25-27-29-31-33-35-37-39-41-43-46-49-52-55-58-61-64-70(73)76-67-68(66-75-69(72)63-60-57-54-51-48-45-24-21-18-15-12-9-6-3)77-71(74)65-62-59-56-53-50-47-44-42-40-38-36-34-32-30-28-26-23-20-17-14-11-8-5-2/h12,15,21,24,68H,4-11,13-14,16-20,22-23,25-67H2,1-3H3/b15-12-,24-21-. The molecule has 0 aliphatic carbocycles. The summed E-state index contributed by atoms with van der Waals surface area (Å²) in [4.78, 5) is 38.4. The van der Waals surface area contributed by atoms with Gasteiger partial charge >= 0.3 is 17.9 Å². The summed E-state index contributed by atoms with van der Waals surface area (Å²) in [6, 6.07) is 0. The average Bonchev–Trinajstić information content (AvgIpc) is 3.43. The number of unbranched alkanes of at least 4 members (excludes halogenated alkanes) is 50. The molecule has 0 fully saturated rings. The Kier molecular flexibility index (Phi) is 64.6. The highest BCUT2D eigenvalue weighted by atomic mass is 16.6. The minimum atomic E-state index is -0.774. The maximum absolute atomic E-state index is 12.9. The highest BCUT2D eigenvalue weighted by Gasteiger charge is 2.19. The fourth-order valence-corrected chi connectivity index (χ4v) is 10.7. The third-order valence-corrected chi connectivity index (χ3v) is 15.9. The Morgan fingerprint density at radius 2 is 0.494 bits per heavy atom. The predicted octanol–water partition coefficient (Wildman–Crippen LogP) is 23.8. The molecule has 0 spiro atoms. The summed E-state index contributed by atoms with van der Waals surface area (Å²) in [6.45, 7) is 6.65. The van der Waals surface area contributed by atoms with Crippen LogP contribution in [0, 0.1) is 0 Å². The van der Waals surface area contributed by atoms with Gasteiger partial charge in [-0.05, 0) is 44.9 Å². The highest BCUT2D eigenvalue weighted by Crippen LogP contribution is 2.19. The zero-order valence-corrected chi connectivity index (χ0v) is 52.3. The van der Waals surface area contributed by atoms with Crippen molar-refractivity contribution < 1.29 is 28.6 Å². The first-order valence-electron chi connectivity index (χ1n) is 34.8. The van der Waals surface area contributed by atoms with E-state index in [2.05, 4.69) is 45.1 Å². The summed E-state index contributed by atoms with van der Waals surface area (Å²) in [5, 5.41) is 0. The molecule has 0 heterocycles. The molecule has 6 heteroatoms. The first-order valence-corrected chi connectivity index (χ1v) is 34.8. The summed E-state index contributed by atoms with van der Waals surface area (Å²) >= 11 is 0. The Bertz CT molecular complexity index is 1240. The van der Waals surface area contributed by atoms with Crippen molar-refractivity contribution in [3.8, 4) is 0 Å². The van der Waals surface area contributed by atoms with Crippen LogP contribution in [0.3, 0.4) is 0 Å². The second-order valence-electron chi connectivity index (χ2n) is 23.8. The minimum Gasteiger partial charge on any atom is -0.462 e. The van der Waals surface area contributed by atoms with Crippen LogP contribution < -0.4 is 0 Å². The van der Waals surface area contributed by atoms with Crippen LogP contribution in [0.1, 0.15) is 393 Å². The monoisotopic (exact) mass is 1080 g/mol. The van der Waals surface area contributed by atoms with E-state index in [9.17, 15) is 14.4 Å². The van der Waals surface area contributed by atoms with Gasteiger partial charge in [-0.2, -0.15) is 0 Å². The van der Waals surface area contributed by atoms with Gasteiger partial charge in [-0.3, -0.25) is 14.4 Å². The zero-order valence-electron chi connectivity index (χ0n) is 52.3. The molecule has 6 nitrogen and oxygen atoms in total. The number of hydrogen-bond acceptors (Lipinski definition) is 6. The van der Waals surface area contributed by atoms with Crippen LogP contribution in [-0.2, 0) is 28.6 Å². The molecule has 77 heavy (non-hydrogen) atoms. The van der Waals surface area contributed by atoms with Crippen molar-refractivity contribution >= 4 is 17.9 Å². The van der Waals surface area contributed by atoms with Crippen molar-refractivity contribution in [2.75, 3.05) is 13.2 Å². The molecule has 0 amide bonds. The molecule has 0 aromatic carbocycles. The summed E-state index contributed by atoms with van der Waals surface area (Å²) < 4.78 is 17.0. The topological polar surface area (TPSA) is 78.9 Å². The van der Waals surface area contributed by atoms with E-state index in [4.69, 9.17) is 14.2 Å². The van der Waals surface area contributed by atoms with Gasteiger partial charge in [0, 0.05) is 19.3 Å². The van der Waals surface area contributed by atoms with Crippen LogP contribution in [0.2, 0.25) is 0 Å². The Balaban J connectivity index is 4.22. The Morgan fingerprint density at radius 1 is 0.260 bits per heavy atom. The van der Waals surface area contributed by atoms with Crippen LogP contribution in [0.5, 0.6) is 0 Å². The molecule has 1 unspecified atom stereocenters. The molecule has 0 bridgehead atoms.